The summed E-state index contributed by atoms with van der Waals surface area (Å²) in [5, 5.41) is 14.7. The van der Waals surface area contributed by atoms with Crippen LogP contribution in [0.3, 0.4) is 0 Å². The Bertz CT molecular complexity index is 518. The molecule has 114 valence electrons. The second-order valence-electron chi connectivity index (χ2n) is 5.45. The lowest BCUT2D eigenvalue weighted by atomic mass is 10.0. The van der Waals surface area contributed by atoms with Gasteiger partial charge in [0.05, 0.1) is 12.5 Å². The van der Waals surface area contributed by atoms with E-state index >= 15 is 0 Å². The number of carbonyl (C=O) groups excluding carboxylic acids is 1. The molecule has 1 aliphatic carbocycles. The van der Waals surface area contributed by atoms with Gasteiger partial charge in [-0.25, -0.2) is 4.79 Å². The molecular formula is C15H19ClN2O3. The Morgan fingerprint density at radius 1 is 1.38 bits per heavy atom. The van der Waals surface area contributed by atoms with E-state index in [0.29, 0.717) is 16.9 Å². The average molecular weight is 311 g/mol. The van der Waals surface area contributed by atoms with Gasteiger partial charge in [-0.15, -0.1) is 0 Å². The molecule has 0 radical (unpaired) electrons. The van der Waals surface area contributed by atoms with Crippen LogP contribution in [0, 0.1) is 11.8 Å². The van der Waals surface area contributed by atoms with Crippen molar-refractivity contribution in [3.8, 4) is 0 Å². The highest BCUT2D eigenvalue weighted by Gasteiger charge is 2.40. The average Bonchev–Trinajstić information content (AvgIpc) is 3.13. The summed E-state index contributed by atoms with van der Waals surface area (Å²) in [5.41, 5.74) is 1.02. The number of urea groups is 1. The fourth-order valence-electron chi connectivity index (χ4n) is 2.40. The fraction of sp³-hybridized carbons (Fsp3) is 0.467. The first-order chi connectivity index (χ1) is 9.97. The van der Waals surface area contributed by atoms with Crippen molar-refractivity contribution in [1.29, 1.82) is 0 Å². The molecule has 0 aromatic heterocycles. The molecule has 2 rings (SSSR count). The molecular weight excluding hydrogens is 292 g/mol. The Hall–Kier alpha value is -1.75. The minimum absolute atomic E-state index is 0.0675. The van der Waals surface area contributed by atoms with Crippen molar-refractivity contribution in [3.05, 3.63) is 34.9 Å². The lowest BCUT2D eigenvalue weighted by molar-refractivity contribution is -0.136. The molecule has 1 aromatic rings. The summed E-state index contributed by atoms with van der Waals surface area (Å²) in [6.07, 6.45) is 0.988. The Balaban J connectivity index is 1.95. The number of rotatable bonds is 6. The highest BCUT2D eigenvalue weighted by atomic mass is 35.5. The number of carboxylic acid groups (broad SMARTS) is 1. The molecule has 2 amide bonds. The molecule has 6 heteroatoms. The maximum Gasteiger partial charge on any atom is 0.315 e. The Labute approximate surface area is 128 Å². The third-order valence-electron chi connectivity index (χ3n) is 3.74. The van der Waals surface area contributed by atoms with Crippen LogP contribution in [0.4, 0.5) is 4.79 Å². The number of nitrogens with one attached hydrogen (secondary N) is 2. The van der Waals surface area contributed by atoms with Crippen molar-refractivity contribution in [2.24, 2.45) is 11.8 Å². The van der Waals surface area contributed by atoms with Crippen molar-refractivity contribution >= 4 is 23.6 Å². The fourth-order valence-corrected chi connectivity index (χ4v) is 2.52. The van der Waals surface area contributed by atoms with Gasteiger partial charge in [-0.3, -0.25) is 4.79 Å². The predicted molar refractivity (Wildman–Crippen MR) is 80.3 cm³/mol. The van der Waals surface area contributed by atoms with Gasteiger partial charge < -0.3 is 15.7 Å². The SMILES string of the molecule is CC1CC1C(NC(=O)NCCC(=O)O)c1ccc(Cl)cc1. The van der Waals surface area contributed by atoms with Crippen LogP contribution < -0.4 is 10.6 Å². The van der Waals surface area contributed by atoms with Crippen LogP contribution in [-0.4, -0.2) is 23.7 Å². The Morgan fingerprint density at radius 3 is 2.52 bits per heavy atom. The zero-order valence-electron chi connectivity index (χ0n) is 11.8. The summed E-state index contributed by atoms with van der Waals surface area (Å²) in [7, 11) is 0. The van der Waals surface area contributed by atoms with E-state index in [9.17, 15) is 9.59 Å². The first kappa shape index (κ1) is 15.6. The normalized spacial score (nSPS) is 21.4. The molecule has 1 fully saturated rings. The van der Waals surface area contributed by atoms with Gasteiger partial charge in [-0.05, 0) is 36.0 Å². The zero-order chi connectivity index (χ0) is 15.4. The van der Waals surface area contributed by atoms with Gasteiger partial charge >= 0.3 is 12.0 Å². The van der Waals surface area contributed by atoms with Gasteiger partial charge in [-0.1, -0.05) is 30.7 Å². The summed E-state index contributed by atoms with van der Waals surface area (Å²) in [6.45, 7) is 2.27. The highest BCUT2D eigenvalue weighted by molar-refractivity contribution is 6.30. The Morgan fingerprint density at radius 2 is 2.00 bits per heavy atom. The van der Waals surface area contributed by atoms with E-state index in [4.69, 9.17) is 16.7 Å². The second-order valence-corrected chi connectivity index (χ2v) is 5.89. The van der Waals surface area contributed by atoms with Gasteiger partial charge in [0.1, 0.15) is 0 Å². The predicted octanol–water partition coefficient (Wildman–Crippen LogP) is 2.81. The number of hydrogen-bond donors (Lipinski definition) is 3. The standard InChI is InChI=1S/C15H19ClN2O3/c1-9-8-12(9)14(10-2-4-11(16)5-3-10)18-15(21)17-7-6-13(19)20/h2-5,9,12,14H,6-8H2,1H3,(H,19,20)(H2,17,18,21). The van der Waals surface area contributed by atoms with E-state index in [0.717, 1.165) is 12.0 Å². The van der Waals surface area contributed by atoms with Gasteiger partial charge in [0.15, 0.2) is 0 Å². The topological polar surface area (TPSA) is 78.4 Å². The molecule has 1 saturated carbocycles. The van der Waals surface area contributed by atoms with E-state index in [1.165, 1.54) is 0 Å². The number of aliphatic carboxylic acids is 1. The number of halogens is 1. The van der Waals surface area contributed by atoms with Gasteiger partial charge in [0.2, 0.25) is 0 Å². The van der Waals surface area contributed by atoms with Crippen molar-refractivity contribution in [2.45, 2.75) is 25.8 Å². The van der Waals surface area contributed by atoms with Crippen LogP contribution >= 0.6 is 11.6 Å². The van der Waals surface area contributed by atoms with E-state index in [-0.39, 0.29) is 25.0 Å². The molecule has 0 bridgehead atoms. The maximum atomic E-state index is 11.9. The van der Waals surface area contributed by atoms with Gasteiger partial charge in [0, 0.05) is 11.6 Å². The number of carboxylic acids is 1. The summed E-state index contributed by atoms with van der Waals surface area (Å²) in [5.74, 6) is 0.0572. The second kappa shape index (κ2) is 6.80. The van der Waals surface area contributed by atoms with Crippen LogP contribution in [-0.2, 0) is 4.79 Å². The van der Waals surface area contributed by atoms with Crippen molar-refractivity contribution in [1.82, 2.24) is 10.6 Å². The molecule has 0 aliphatic heterocycles. The monoisotopic (exact) mass is 310 g/mol. The lowest BCUT2D eigenvalue weighted by Gasteiger charge is -2.19. The van der Waals surface area contributed by atoms with Crippen LogP contribution in [0.1, 0.15) is 31.4 Å². The maximum absolute atomic E-state index is 11.9. The van der Waals surface area contributed by atoms with Crippen molar-refractivity contribution in [2.75, 3.05) is 6.54 Å². The largest absolute Gasteiger partial charge is 0.481 e. The zero-order valence-corrected chi connectivity index (χ0v) is 12.6. The summed E-state index contributed by atoms with van der Waals surface area (Å²) < 4.78 is 0. The van der Waals surface area contributed by atoms with E-state index in [2.05, 4.69) is 17.6 Å². The smallest absolute Gasteiger partial charge is 0.315 e. The van der Waals surface area contributed by atoms with Crippen LogP contribution in [0.15, 0.2) is 24.3 Å². The number of benzene rings is 1. The molecule has 5 nitrogen and oxygen atoms in total. The molecule has 0 spiro atoms. The number of carbonyl (C=O) groups is 2. The lowest BCUT2D eigenvalue weighted by Crippen LogP contribution is -2.39. The van der Waals surface area contributed by atoms with Crippen LogP contribution in [0.25, 0.3) is 0 Å². The van der Waals surface area contributed by atoms with E-state index in [1.54, 1.807) is 12.1 Å². The van der Waals surface area contributed by atoms with Crippen LogP contribution in [0.5, 0.6) is 0 Å². The minimum Gasteiger partial charge on any atom is -0.481 e. The summed E-state index contributed by atoms with van der Waals surface area (Å²) in [4.78, 5) is 22.3. The summed E-state index contributed by atoms with van der Waals surface area (Å²) >= 11 is 5.89. The Kier molecular flexibility index (Phi) is 5.07. The summed E-state index contributed by atoms with van der Waals surface area (Å²) in [6, 6.07) is 7.03. The molecule has 3 unspecified atom stereocenters. The molecule has 3 N–H and O–H groups in total. The third-order valence-corrected chi connectivity index (χ3v) is 3.99. The molecule has 0 saturated heterocycles. The molecule has 1 aromatic carbocycles. The molecule has 0 heterocycles. The molecule has 21 heavy (non-hydrogen) atoms. The van der Waals surface area contributed by atoms with E-state index < -0.39 is 5.97 Å². The quantitative estimate of drug-likeness (QED) is 0.756. The van der Waals surface area contributed by atoms with Crippen molar-refractivity contribution < 1.29 is 14.7 Å². The first-order valence-electron chi connectivity index (χ1n) is 6.99. The minimum atomic E-state index is -0.930. The number of amides is 2. The van der Waals surface area contributed by atoms with Crippen LogP contribution in [0.2, 0.25) is 5.02 Å². The van der Waals surface area contributed by atoms with E-state index in [1.807, 2.05) is 12.1 Å². The molecule has 3 atom stereocenters. The van der Waals surface area contributed by atoms with Crippen molar-refractivity contribution in [3.63, 3.8) is 0 Å². The highest BCUT2D eigenvalue weighted by Crippen LogP contribution is 2.47. The first-order valence-corrected chi connectivity index (χ1v) is 7.37. The van der Waals surface area contributed by atoms with Gasteiger partial charge in [-0.2, -0.15) is 0 Å². The number of hydrogen-bond acceptors (Lipinski definition) is 2. The van der Waals surface area contributed by atoms with Gasteiger partial charge in [0.25, 0.3) is 0 Å². The third kappa shape index (κ3) is 4.63. The molecule has 1 aliphatic rings.